The number of hydrogen-bond donors (Lipinski definition) is 8. The molecule has 60 heavy (non-hydrogen) atoms. The fraction of sp³-hybridized carbons (Fsp3) is 0.939. The molecule has 0 aromatic carbocycles. The summed E-state index contributed by atoms with van der Waals surface area (Å²) in [5, 5.41) is 75.7. The van der Waals surface area contributed by atoms with Crippen molar-refractivity contribution < 1.29 is 50.0 Å². The molecule has 1 fully saturated rings. The SMILES string of the molecule is CCCCCCCCCC=CCCCC(O)C(O)C(COC1OC(CO)C(O)C(O)C1O)NC(=O)C(O)CCCCCCCCCCCCCCCCCCCCCCC. The number of ether oxygens (including phenoxy) is 2. The van der Waals surface area contributed by atoms with Crippen LogP contribution in [0.4, 0.5) is 0 Å². The molecule has 1 saturated heterocycles. The van der Waals surface area contributed by atoms with Crippen LogP contribution < -0.4 is 5.32 Å². The number of aliphatic hydroxyl groups is 7. The van der Waals surface area contributed by atoms with Gasteiger partial charge < -0.3 is 50.5 Å². The number of amides is 1. The van der Waals surface area contributed by atoms with Crippen LogP contribution in [0, 0.1) is 0 Å². The van der Waals surface area contributed by atoms with Gasteiger partial charge in [0.1, 0.15) is 36.6 Å². The van der Waals surface area contributed by atoms with Crippen LogP contribution in [0.2, 0.25) is 0 Å². The summed E-state index contributed by atoms with van der Waals surface area (Å²) in [6.07, 6.45) is 31.3. The molecule has 1 heterocycles. The number of allylic oxidation sites excluding steroid dienone is 2. The number of hydrogen-bond acceptors (Lipinski definition) is 10. The van der Waals surface area contributed by atoms with E-state index < -0.39 is 74.2 Å². The zero-order valence-electron chi connectivity index (χ0n) is 38.5. The van der Waals surface area contributed by atoms with Crippen molar-refractivity contribution in [2.75, 3.05) is 13.2 Å². The van der Waals surface area contributed by atoms with Gasteiger partial charge in [-0.2, -0.15) is 0 Å². The van der Waals surface area contributed by atoms with Crippen LogP contribution in [0.5, 0.6) is 0 Å². The lowest BCUT2D eigenvalue weighted by molar-refractivity contribution is -0.303. The highest BCUT2D eigenvalue weighted by molar-refractivity contribution is 5.80. The van der Waals surface area contributed by atoms with Crippen molar-refractivity contribution in [3.8, 4) is 0 Å². The molecule has 8 N–H and O–H groups in total. The normalized spacial score (nSPS) is 21.6. The second kappa shape index (κ2) is 39.4. The Morgan fingerprint density at radius 2 is 0.983 bits per heavy atom. The van der Waals surface area contributed by atoms with Crippen LogP contribution in [-0.4, -0.2) is 110 Å². The van der Waals surface area contributed by atoms with Gasteiger partial charge in [-0.1, -0.05) is 199 Å². The summed E-state index contributed by atoms with van der Waals surface area (Å²) in [6, 6.07) is -1.18. The molecule has 0 aromatic heterocycles. The highest BCUT2D eigenvalue weighted by Crippen LogP contribution is 2.23. The molecular formula is C49H95NO10. The Labute approximate surface area is 366 Å². The molecule has 0 spiro atoms. The fourth-order valence-electron chi connectivity index (χ4n) is 8.15. The van der Waals surface area contributed by atoms with Gasteiger partial charge in [-0.25, -0.2) is 0 Å². The summed E-state index contributed by atoms with van der Waals surface area (Å²) < 4.78 is 11.1. The van der Waals surface area contributed by atoms with Crippen molar-refractivity contribution in [2.45, 2.75) is 281 Å². The van der Waals surface area contributed by atoms with Gasteiger partial charge in [0, 0.05) is 0 Å². The number of nitrogens with one attached hydrogen (secondary N) is 1. The van der Waals surface area contributed by atoms with E-state index in [9.17, 15) is 40.5 Å². The predicted octanol–water partition coefficient (Wildman–Crippen LogP) is 8.84. The van der Waals surface area contributed by atoms with Crippen molar-refractivity contribution in [3.63, 3.8) is 0 Å². The Bertz CT molecular complexity index is 986. The van der Waals surface area contributed by atoms with Crippen molar-refractivity contribution in [1.82, 2.24) is 5.32 Å². The third kappa shape index (κ3) is 28.5. The molecule has 1 amide bonds. The molecule has 11 nitrogen and oxygen atoms in total. The number of carbonyl (C=O) groups is 1. The largest absolute Gasteiger partial charge is 0.394 e. The Morgan fingerprint density at radius 1 is 0.567 bits per heavy atom. The minimum atomic E-state index is -1.66. The number of aliphatic hydroxyl groups excluding tert-OH is 7. The quantitative estimate of drug-likeness (QED) is 0.0218. The third-order valence-corrected chi connectivity index (χ3v) is 12.3. The zero-order chi connectivity index (χ0) is 44.1. The minimum absolute atomic E-state index is 0.259. The number of rotatable bonds is 42. The van der Waals surface area contributed by atoms with Crippen LogP contribution in [0.25, 0.3) is 0 Å². The van der Waals surface area contributed by atoms with Crippen LogP contribution in [0.3, 0.4) is 0 Å². The van der Waals surface area contributed by atoms with Crippen LogP contribution in [0.1, 0.15) is 226 Å². The van der Waals surface area contributed by atoms with E-state index in [0.29, 0.717) is 12.8 Å². The summed E-state index contributed by atoms with van der Waals surface area (Å²) in [6.45, 7) is 3.43. The van der Waals surface area contributed by atoms with Crippen molar-refractivity contribution in [3.05, 3.63) is 12.2 Å². The highest BCUT2D eigenvalue weighted by atomic mass is 16.7. The summed E-state index contributed by atoms with van der Waals surface area (Å²) >= 11 is 0. The lowest BCUT2D eigenvalue weighted by atomic mass is 9.98. The highest BCUT2D eigenvalue weighted by Gasteiger charge is 2.44. The van der Waals surface area contributed by atoms with Gasteiger partial charge in [0.15, 0.2) is 6.29 Å². The summed E-state index contributed by atoms with van der Waals surface area (Å²) in [5.41, 5.74) is 0. The molecule has 1 rings (SSSR count). The molecule has 0 radical (unpaired) electrons. The van der Waals surface area contributed by atoms with Crippen molar-refractivity contribution in [1.29, 1.82) is 0 Å². The van der Waals surface area contributed by atoms with Gasteiger partial charge in [0.2, 0.25) is 5.91 Å². The molecule has 0 aromatic rings. The van der Waals surface area contributed by atoms with Gasteiger partial charge in [-0.3, -0.25) is 4.79 Å². The fourth-order valence-corrected chi connectivity index (χ4v) is 8.15. The van der Waals surface area contributed by atoms with Crippen LogP contribution >= 0.6 is 0 Å². The van der Waals surface area contributed by atoms with Gasteiger partial charge in [-0.05, 0) is 38.5 Å². The molecule has 356 valence electrons. The first kappa shape index (κ1) is 56.9. The van der Waals surface area contributed by atoms with E-state index in [1.54, 1.807) is 0 Å². The lowest BCUT2D eigenvalue weighted by Crippen LogP contribution is -2.60. The number of unbranched alkanes of at least 4 members (excludes halogenated alkanes) is 28. The number of carbonyl (C=O) groups excluding carboxylic acids is 1. The Hall–Kier alpha value is -1.15. The average molecular weight is 858 g/mol. The topological polar surface area (TPSA) is 189 Å². The van der Waals surface area contributed by atoms with E-state index in [2.05, 4.69) is 31.3 Å². The van der Waals surface area contributed by atoms with E-state index in [0.717, 1.165) is 38.5 Å². The molecular weight excluding hydrogens is 763 g/mol. The molecule has 9 atom stereocenters. The smallest absolute Gasteiger partial charge is 0.249 e. The first-order chi connectivity index (χ1) is 29.2. The lowest BCUT2D eigenvalue weighted by Gasteiger charge is -2.40. The van der Waals surface area contributed by atoms with Crippen LogP contribution in [0.15, 0.2) is 12.2 Å². The first-order valence-corrected chi connectivity index (χ1v) is 25.1. The predicted molar refractivity (Wildman–Crippen MR) is 243 cm³/mol. The van der Waals surface area contributed by atoms with E-state index >= 15 is 0 Å². The van der Waals surface area contributed by atoms with E-state index in [4.69, 9.17) is 9.47 Å². The van der Waals surface area contributed by atoms with Crippen LogP contribution in [-0.2, 0) is 14.3 Å². The van der Waals surface area contributed by atoms with Gasteiger partial charge in [0.25, 0.3) is 0 Å². The molecule has 0 aliphatic carbocycles. The second-order valence-electron chi connectivity index (χ2n) is 17.9. The van der Waals surface area contributed by atoms with Gasteiger partial charge in [-0.15, -0.1) is 0 Å². The van der Waals surface area contributed by atoms with Gasteiger partial charge >= 0.3 is 0 Å². The zero-order valence-corrected chi connectivity index (χ0v) is 38.5. The maximum absolute atomic E-state index is 13.1. The Kier molecular flexibility index (Phi) is 37.4. The van der Waals surface area contributed by atoms with Gasteiger partial charge in [0.05, 0.1) is 25.4 Å². The molecule has 1 aliphatic rings. The Morgan fingerprint density at radius 3 is 1.43 bits per heavy atom. The minimum Gasteiger partial charge on any atom is -0.394 e. The molecule has 11 heteroatoms. The summed E-state index contributed by atoms with van der Waals surface area (Å²) in [5.74, 6) is -0.704. The van der Waals surface area contributed by atoms with E-state index in [1.165, 1.54) is 148 Å². The summed E-state index contributed by atoms with van der Waals surface area (Å²) in [7, 11) is 0. The summed E-state index contributed by atoms with van der Waals surface area (Å²) in [4.78, 5) is 13.1. The molecule has 0 saturated carbocycles. The molecule has 9 unspecified atom stereocenters. The standard InChI is InChI=1S/C49H95NO10/c1-3-5-7-9-11-13-15-17-18-19-20-21-22-23-24-25-27-29-31-33-35-37-42(53)48(58)50-40(39-59-49-47(57)46(56)45(55)43(38-51)60-49)44(54)41(52)36-34-32-30-28-26-16-14-12-10-8-6-4-2/h28,30,40-47,49,51-57H,3-27,29,31-39H2,1-2H3,(H,50,58). The second-order valence-corrected chi connectivity index (χ2v) is 17.9. The third-order valence-electron chi connectivity index (χ3n) is 12.3. The van der Waals surface area contributed by atoms with Crippen molar-refractivity contribution >= 4 is 5.91 Å². The average Bonchev–Trinajstić information content (AvgIpc) is 3.25. The monoisotopic (exact) mass is 858 g/mol. The first-order valence-electron chi connectivity index (χ1n) is 25.1. The van der Waals surface area contributed by atoms with E-state index in [-0.39, 0.29) is 12.8 Å². The van der Waals surface area contributed by atoms with E-state index in [1.807, 2.05) is 0 Å². The Balaban J connectivity index is 2.37. The molecule has 0 bridgehead atoms. The van der Waals surface area contributed by atoms with Crippen molar-refractivity contribution in [2.24, 2.45) is 0 Å². The maximum atomic E-state index is 13.1. The maximum Gasteiger partial charge on any atom is 0.249 e. The molecule has 1 aliphatic heterocycles.